The van der Waals surface area contributed by atoms with Crippen molar-refractivity contribution in [3.05, 3.63) is 64.6 Å². The van der Waals surface area contributed by atoms with Crippen LogP contribution in [0.25, 0.3) is 10.9 Å². The third-order valence-corrected chi connectivity index (χ3v) is 6.77. The number of carbonyl (C=O) groups excluding carboxylic acids is 1. The van der Waals surface area contributed by atoms with Gasteiger partial charge in [0.2, 0.25) is 0 Å². The molecule has 1 aliphatic rings. The highest BCUT2D eigenvalue weighted by molar-refractivity contribution is 6.04. The summed E-state index contributed by atoms with van der Waals surface area (Å²) in [4.78, 5) is 17.5. The number of aliphatic hydroxyl groups is 1. The lowest BCUT2D eigenvalue weighted by Crippen LogP contribution is -2.49. The first-order valence-corrected chi connectivity index (χ1v) is 11.7. The zero-order valence-corrected chi connectivity index (χ0v) is 19.7. The maximum atomic E-state index is 13.4. The Kier molecular flexibility index (Phi) is 7.00. The van der Waals surface area contributed by atoms with Crippen LogP contribution in [-0.4, -0.2) is 64.7 Å². The predicted molar refractivity (Wildman–Crippen MR) is 130 cm³/mol. The van der Waals surface area contributed by atoms with Gasteiger partial charge >= 0.3 is 0 Å². The van der Waals surface area contributed by atoms with Gasteiger partial charge in [-0.2, -0.15) is 0 Å². The van der Waals surface area contributed by atoms with Crippen LogP contribution in [0.1, 0.15) is 34.1 Å². The Labute approximate surface area is 194 Å². The van der Waals surface area contributed by atoms with Gasteiger partial charge < -0.3 is 19.9 Å². The van der Waals surface area contributed by atoms with Gasteiger partial charge in [0, 0.05) is 62.5 Å². The van der Waals surface area contributed by atoms with Gasteiger partial charge in [0.15, 0.2) is 0 Å². The largest absolute Gasteiger partial charge is 0.395 e. The van der Waals surface area contributed by atoms with E-state index in [9.17, 15) is 14.3 Å². The van der Waals surface area contributed by atoms with E-state index in [2.05, 4.69) is 35.6 Å². The first-order valence-electron chi connectivity index (χ1n) is 11.7. The summed E-state index contributed by atoms with van der Waals surface area (Å²) < 4.78 is 15.6. The molecule has 1 aromatic heterocycles. The number of aryl methyl sites for hydroxylation is 2. The highest BCUT2D eigenvalue weighted by atomic mass is 19.1. The summed E-state index contributed by atoms with van der Waals surface area (Å²) >= 11 is 0. The number of nitrogens with zero attached hydrogens (tertiary/aromatic N) is 3. The van der Waals surface area contributed by atoms with Crippen molar-refractivity contribution in [2.75, 3.05) is 44.6 Å². The SMILES string of the molecule is CCn1c(C)c(C)c2cc(C(=O)N3CCN(CCO)CC3)cc(NCc3ccc(F)cc3)c21. The molecule has 1 saturated heterocycles. The molecule has 7 heteroatoms. The van der Waals surface area contributed by atoms with E-state index in [1.54, 1.807) is 12.1 Å². The van der Waals surface area contributed by atoms with Crippen molar-refractivity contribution >= 4 is 22.5 Å². The molecule has 4 rings (SSSR count). The Morgan fingerprint density at radius 3 is 2.42 bits per heavy atom. The van der Waals surface area contributed by atoms with E-state index in [0.29, 0.717) is 31.7 Å². The molecule has 1 fully saturated rings. The number of carbonyl (C=O) groups is 1. The zero-order valence-electron chi connectivity index (χ0n) is 19.7. The maximum absolute atomic E-state index is 13.4. The number of hydrogen-bond acceptors (Lipinski definition) is 4. The second-order valence-corrected chi connectivity index (χ2v) is 8.71. The van der Waals surface area contributed by atoms with Crippen molar-refractivity contribution in [2.24, 2.45) is 0 Å². The summed E-state index contributed by atoms with van der Waals surface area (Å²) in [7, 11) is 0. The molecule has 6 nitrogen and oxygen atoms in total. The number of anilines is 1. The summed E-state index contributed by atoms with van der Waals surface area (Å²) in [6.07, 6.45) is 0. The van der Waals surface area contributed by atoms with Crippen LogP contribution in [0, 0.1) is 19.7 Å². The number of piperazine rings is 1. The first-order chi connectivity index (χ1) is 15.9. The zero-order chi connectivity index (χ0) is 23.5. The Morgan fingerprint density at radius 2 is 1.79 bits per heavy atom. The Hall–Kier alpha value is -2.90. The van der Waals surface area contributed by atoms with Crippen molar-refractivity contribution in [2.45, 2.75) is 33.9 Å². The van der Waals surface area contributed by atoms with Gasteiger partial charge in [0.25, 0.3) is 5.91 Å². The lowest BCUT2D eigenvalue weighted by Gasteiger charge is -2.34. The van der Waals surface area contributed by atoms with Crippen LogP contribution in [0.3, 0.4) is 0 Å². The number of β-amino-alcohol motifs (C(OH)–C–C–N with tert-alkyl or cyclic N) is 1. The number of rotatable bonds is 7. The van der Waals surface area contributed by atoms with Gasteiger partial charge in [-0.3, -0.25) is 9.69 Å². The summed E-state index contributed by atoms with van der Waals surface area (Å²) in [5, 5.41) is 13.8. The van der Waals surface area contributed by atoms with Crippen LogP contribution in [0.15, 0.2) is 36.4 Å². The monoisotopic (exact) mass is 452 g/mol. The molecule has 2 N–H and O–H groups in total. The number of halogens is 1. The second kappa shape index (κ2) is 9.93. The molecule has 0 radical (unpaired) electrons. The maximum Gasteiger partial charge on any atom is 0.254 e. The number of aromatic nitrogens is 1. The fraction of sp³-hybridized carbons (Fsp3) is 0.423. The molecule has 176 valence electrons. The standard InChI is InChI=1S/C26H33FN4O2/c1-4-31-19(3)18(2)23-15-21(26(33)30-11-9-29(10-12-30)13-14-32)16-24(25(23)31)28-17-20-5-7-22(27)8-6-20/h5-8,15-16,28,32H,4,9-14,17H2,1-3H3. The average Bonchev–Trinajstić information content (AvgIpc) is 3.08. The predicted octanol–water partition coefficient (Wildman–Crippen LogP) is 3.78. The smallest absolute Gasteiger partial charge is 0.254 e. The first kappa shape index (κ1) is 23.3. The fourth-order valence-corrected chi connectivity index (χ4v) is 4.73. The third-order valence-electron chi connectivity index (χ3n) is 6.77. The molecular formula is C26H33FN4O2. The van der Waals surface area contributed by atoms with E-state index >= 15 is 0 Å². The highest BCUT2D eigenvalue weighted by Gasteiger charge is 2.24. The molecule has 33 heavy (non-hydrogen) atoms. The van der Waals surface area contributed by atoms with Crippen molar-refractivity contribution in [1.82, 2.24) is 14.4 Å². The van der Waals surface area contributed by atoms with Crippen molar-refractivity contribution in [3.8, 4) is 0 Å². The van der Waals surface area contributed by atoms with Gasteiger partial charge in [-0.1, -0.05) is 12.1 Å². The number of aliphatic hydroxyl groups excluding tert-OH is 1. The molecule has 1 amide bonds. The van der Waals surface area contributed by atoms with Gasteiger partial charge in [-0.05, 0) is 56.2 Å². The Morgan fingerprint density at radius 1 is 1.09 bits per heavy atom. The highest BCUT2D eigenvalue weighted by Crippen LogP contribution is 2.33. The summed E-state index contributed by atoms with van der Waals surface area (Å²) in [6.45, 7) is 11.4. The molecule has 1 aliphatic heterocycles. The average molecular weight is 453 g/mol. The second-order valence-electron chi connectivity index (χ2n) is 8.71. The molecule has 2 aromatic carbocycles. The molecule has 0 saturated carbocycles. The van der Waals surface area contributed by atoms with Crippen molar-refractivity contribution in [3.63, 3.8) is 0 Å². The normalized spacial score (nSPS) is 14.8. The van der Waals surface area contributed by atoms with E-state index in [1.807, 2.05) is 17.0 Å². The van der Waals surface area contributed by atoms with E-state index in [0.717, 1.165) is 41.8 Å². The van der Waals surface area contributed by atoms with E-state index in [1.165, 1.54) is 23.4 Å². The van der Waals surface area contributed by atoms with E-state index in [4.69, 9.17) is 0 Å². The summed E-state index contributed by atoms with van der Waals surface area (Å²) in [5.74, 6) is -0.217. The lowest BCUT2D eigenvalue weighted by atomic mass is 10.1. The number of benzene rings is 2. The molecule has 3 aromatic rings. The van der Waals surface area contributed by atoms with Crippen LogP contribution in [0.4, 0.5) is 10.1 Å². The number of amides is 1. The van der Waals surface area contributed by atoms with Crippen LogP contribution in [0.2, 0.25) is 0 Å². The third kappa shape index (κ3) is 4.75. The van der Waals surface area contributed by atoms with Gasteiger partial charge in [0.1, 0.15) is 5.82 Å². The molecule has 0 atom stereocenters. The van der Waals surface area contributed by atoms with Crippen LogP contribution in [0.5, 0.6) is 0 Å². The minimum atomic E-state index is -0.251. The lowest BCUT2D eigenvalue weighted by molar-refractivity contribution is 0.0615. The van der Waals surface area contributed by atoms with E-state index < -0.39 is 0 Å². The number of nitrogens with one attached hydrogen (secondary N) is 1. The van der Waals surface area contributed by atoms with E-state index in [-0.39, 0.29) is 18.3 Å². The van der Waals surface area contributed by atoms with Crippen LogP contribution >= 0.6 is 0 Å². The van der Waals surface area contributed by atoms with Crippen LogP contribution in [-0.2, 0) is 13.1 Å². The molecular weight excluding hydrogens is 419 g/mol. The van der Waals surface area contributed by atoms with Gasteiger partial charge in [-0.25, -0.2) is 4.39 Å². The minimum Gasteiger partial charge on any atom is -0.395 e. The van der Waals surface area contributed by atoms with Gasteiger partial charge in [0.05, 0.1) is 17.8 Å². The molecule has 0 bridgehead atoms. The van der Waals surface area contributed by atoms with Crippen molar-refractivity contribution in [1.29, 1.82) is 0 Å². The topological polar surface area (TPSA) is 60.7 Å². The molecule has 2 heterocycles. The summed E-state index contributed by atoms with van der Waals surface area (Å²) in [5.41, 5.74) is 6.04. The Balaban J connectivity index is 1.67. The number of fused-ring (bicyclic) bond motifs is 1. The van der Waals surface area contributed by atoms with Crippen molar-refractivity contribution < 1.29 is 14.3 Å². The Bertz CT molecular complexity index is 1130. The van der Waals surface area contributed by atoms with Crippen LogP contribution < -0.4 is 5.32 Å². The number of hydrogen-bond donors (Lipinski definition) is 2. The summed E-state index contributed by atoms with van der Waals surface area (Å²) in [6, 6.07) is 10.5. The fourth-order valence-electron chi connectivity index (χ4n) is 4.73. The quantitative estimate of drug-likeness (QED) is 0.573. The molecule has 0 aliphatic carbocycles. The van der Waals surface area contributed by atoms with Gasteiger partial charge in [-0.15, -0.1) is 0 Å². The minimum absolute atomic E-state index is 0.0340. The molecule has 0 spiro atoms. The molecule has 0 unspecified atom stereocenters.